The van der Waals surface area contributed by atoms with Gasteiger partial charge in [0.05, 0.1) is 6.54 Å². The van der Waals surface area contributed by atoms with E-state index in [0.717, 1.165) is 26.2 Å². The van der Waals surface area contributed by atoms with Crippen LogP contribution in [0.4, 0.5) is 5.69 Å². The van der Waals surface area contributed by atoms with Crippen molar-refractivity contribution in [2.45, 2.75) is 48.1 Å². The maximum atomic E-state index is 2.40. The van der Waals surface area contributed by atoms with Gasteiger partial charge in [0.2, 0.25) is 6.33 Å². The normalized spacial score (nSPS) is 13.4. The molecule has 1 aromatic heterocycles. The summed E-state index contributed by atoms with van der Waals surface area (Å²) in [5.74, 6) is 0. The lowest BCUT2D eigenvalue weighted by Crippen LogP contribution is -2.87. The van der Waals surface area contributed by atoms with Crippen LogP contribution in [0.15, 0.2) is 55.4 Å². The zero-order valence-electron chi connectivity index (χ0n) is 21.0. The minimum Gasteiger partial charge on any atom is -0.503 e. The number of aryl methyl sites for hydroxylation is 6. The van der Waals surface area contributed by atoms with Gasteiger partial charge in [0.1, 0.15) is 31.2 Å². The van der Waals surface area contributed by atoms with Crippen LogP contribution in [0.2, 0.25) is 0 Å². The minimum atomic E-state index is 1.00. The molecule has 3 aromatic rings. The molecule has 0 fully saturated rings. The lowest BCUT2D eigenvalue weighted by molar-refractivity contribution is -0.752. The van der Waals surface area contributed by atoms with Crippen LogP contribution in [0.1, 0.15) is 33.4 Å². The molecule has 1 aliphatic rings. The van der Waals surface area contributed by atoms with E-state index in [-0.39, 0.29) is 0 Å². The molecule has 0 bridgehead atoms. The van der Waals surface area contributed by atoms with E-state index in [4.69, 9.17) is 0 Å². The van der Waals surface area contributed by atoms with Crippen molar-refractivity contribution in [3.05, 3.63) is 95.4 Å². The van der Waals surface area contributed by atoms with Crippen molar-refractivity contribution in [1.29, 1.82) is 0 Å². The topological polar surface area (TPSA) is 31.9 Å². The number of imidazole rings is 1. The summed E-state index contributed by atoms with van der Waals surface area (Å²) in [6.45, 7) is 19.4. The summed E-state index contributed by atoms with van der Waals surface area (Å²) in [6.07, 6.45) is 10.9. The molecule has 0 saturated heterocycles. The smallest absolute Gasteiger partial charge is 0.249 e. The van der Waals surface area contributed by atoms with Gasteiger partial charge in [-0.1, -0.05) is 35.4 Å². The molecule has 1 aliphatic heterocycles. The van der Waals surface area contributed by atoms with Crippen LogP contribution in [-0.2, 0) is 6.54 Å². The highest BCUT2D eigenvalue weighted by Gasteiger charge is 2.13. The van der Waals surface area contributed by atoms with Gasteiger partial charge in [-0.15, -0.1) is 0 Å². The van der Waals surface area contributed by atoms with E-state index in [2.05, 4.69) is 128 Å². The lowest BCUT2D eigenvalue weighted by Gasteiger charge is -2.35. The number of anilines is 1. The first-order valence-corrected chi connectivity index (χ1v) is 11.9. The molecule has 0 radical (unpaired) electrons. The van der Waals surface area contributed by atoms with E-state index >= 15 is 0 Å². The standard InChI is InChI=1S/C28H37N5/c1-21-15-23(3)27(24(4)16-21)32-13-11-30(19-32)9-7-29-8-10-31-12-14-33(20-31)28-25(5)17-22(2)18-26(28)6/h11-20,29H,7-10H2,1-6H3/p+1. The molecule has 0 spiro atoms. The van der Waals surface area contributed by atoms with Crippen LogP contribution in [-0.4, -0.2) is 29.1 Å². The Balaban J connectivity index is 1.23. The third-order valence-electron chi connectivity index (χ3n) is 6.35. The summed E-state index contributed by atoms with van der Waals surface area (Å²) in [6, 6.07) is 9.03. The summed E-state index contributed by atoms with van der Waals surface area (Å²) >= 11 is 0. The van der Waals surface area contributed by atoms with Gasteiger partial charge in [-0.3, -0.25) is 0 Å². The molecule has 2 N–H and O–H groups in total. The van der Waals surface area contributed by atoms with Gasteiger partial charge in [0.25, 0.3) is 0 Å². The van der Waals surface area contributed by atoms with Crippen molar-refractivity contribution in [3.63, 3.8) is 0 Å². The molecular formula is C28H38N5+. The van der Waals surface area contributed by atoms with Gasteiger partial charge in [-0.2, -0.15) is 6.67 Å². The van der Waals surface area contributed by atoms with Crippen LogP contribution >= 0.6 is 0 Å². The van der Waals surface area contributed by atoms with Gasteiger partial charge in [0.15, 0.2) is 0 Å². The van der Waals surface area contributed by atoms with Crippen molar-refractivity contribution in [3.8, 4) is 5.69 Å². The van der Waals surface area contributed by atoms with Crippen molar-refractivity contribution >= 4 is 5.69 Å². The predicted molar refractivity (Wildman–Crippen MR) is 135 cm³/mol. The monoisotopic (exact) mass is 444 g/mol. The Morgan fingerprint density at radius 1 is 0.788 bits per heavy atom. The van der Waals surface area contributed by atoms with Crippen molar-refractivity contribution in [1.82, 2.24) is 9.47 Å². The van der Waals surface area contributed by atoms with Gasteiger partial charge in [-0.25, -0.2) is 9.13 Å². The van der Waals surface area contributed by atoms with Gasteiger partial charge in [0, 0.05) is 12.2 Å². The average Bonchev–Trinajstić information content (AvgIpc) is 3.36. The molecule has 0 atom stereocenters. The second kappa shape index (κ2) is 9.84. The molecule has 33 heavy (non-hydrogen) atoms. The number of hydrogen-bond donors (Lipinski definition) is 1. The number of nitrogens with two attached hydrogens (primary N) is 1. The van der Waals surface area contributed by atoms with Crippen LogP contribution in [0.5, 0.6) is 0 Å². The summed E-state index contributed by atoms with van der Waals surface area (Å²) in [5, 5.41) is 2.40. The molecule has 2 aromatic carbocycles. The molecule has 5 heteroatoms. The Morgan fingerprint density at radius 3 is 2.03 bits per heavy atom. The zero-order valence-corrected chi connectivity index (χ0v) is 21.0. The third-order valence-corrected chi connectivity index (χ3v) is 6.35. The van der Waals surface area contributed by atoms with Crippen LogP contribution in [0, 0.1) is 48.2 Å². The number of hydrogen-bond acceptors (Lipinski definition) is 2. The number of aromatic nitrogens is 2. The van der Waals surface area contributed by atoms with Crippen molar-refractivity contribution in [2.75, 3.05) is 24.5 Å². The Kier molecular flexibility index (Phi) is 6.89. The number of benzene rings is 2. The molecular weight excluding hydrogens is 406 g/mol. The quantitative estimate of drug-likeness (QED) is 0.327. The van der Waals surface area contributed by atoms with E-state index in [0.29, 0.717) is 0 Å². The Bertz CT molecular complexity index is 1110. The molecule has 174 valence electrons. The van der Waals surface area contributed by atoms with Gasteiger partial charge in [-0.05, 0) is 76.2 Å². The van der Waals surface area contributed by atoms with E-state index in [9.17, 15) is 0 Å². The van der Waals surface area contributed by atoms with E-state index < -0.39 is 0 Å². The summed E-state index contributed by atoms with van der Waals surface area (Å²) in [4.78, 5) is 4.53. The Hall–Kier alpha value is -3.05. The first-order chi connectivity index (χ1) is 15.8. The maximum absolute atomic E-state index is 2.40. The molecule has 0 amide bonds. The van der Waals surface area contributed by atoms with E-state index in [1.54, 1.807) is 0 Å². The van der Waals surface area contributed by atoms with E-state index in [1.165, 1.54) is 44.8 Å². The fourth-order valence-corrected chi connectivity index (χ4v) is 5.10. The first kappa shape index (κ1) is 23.1. The second-order valence-corrected chi connectivity index (χ2v) is 9.48. The molecule has 2 heterocycles. The van der Waals surface area contributed by atoms with Crippen molar-refractivity contribution < 1.29 is 9.88 Å². The molecule has 4 rings (SSSR count). The van der Waals surface area contributed by atoms with Crippen LogP contribution in [0.25, 0.3) is 5.69 Å². The SMILES string of the molecule is Cc1cc(C)c(N2C=CN(CC[NH2+]CC[n+]3ccn(-c4c(C)cc(C)cc4C)c3)[CH-]2)c(C)c1. The highest BCUT2D eigenvalue weighted by Crippen LogP contribution is 2.30. The number of rotatable bonds is 8. The third kappa shape index (κ3) is 5.31. The maximum Gasteiger partial charge on any atom is 0.249 e. The minimum absolute atomic E-state index is 1.00. The fourth-order valence-electron chi connectivity index (χ4n) is 5.10. The van der Waals surface area contributed by atoms with Crippen molar-refractivity contribution in [2.24, 2.45) is 0 Å². The Morgan fingerprint density at radius 2 is 1.39 bits per heavy atom. The molecule has 0 aliphatic carbocycles. The number of nitrogens with zero attached hydrogens (tertiary/aromatic N) is 4. The second-order valence-electron chi connectivity index (χ2n) is 9.48. The van der Waals surface area contributed by atoms with Crippen LogP contribution < -0.4 is 14.8 Å². The Labute approximate surface area is 199 Å². The predicted octanol–water partition coefficient (Wildman–Crippen LogP) is 3.59. The summed E-state index contributed by atoms with van der Waals surface area (Å²) in [5.41, 5.74) is 10.5. The van der Waals surface area contributed by atoms with Crippen LogP contribution in [0.3, 0.4) is 0 Å². The van der Waals surface area contributed by atoms with Gasteiger partial charge >= 0.3 is 0 Å². The molecule has 5 nitrogen and oxygen atoms in total. The molecule has 0 unspecified atom stereocenters. The van der Waals surface area contributed by atoms with Gasteiger partial charge < -0.3 is 15.1 Å². The zero-order chi connectivity index (χ0) is 23.5. The average molecular weight is 445 g/mol. The fraction of sp³-hybridized carbons (Fsp3) is 0.357. The first-order valence-electron chi connectivity index (χ1n) is 11.9. The highest BCUT2D eigenvalue weighted by molar-refractivity contribution is 5.63. The molecule has 0 saturated carbocycles. The number of quaternary nitrogens is 1. The summed E-state index contributed by atoms with van der Waals surface area (Å²) < 4.78 is 4.53. The lowest BCUT2D eigenvalue weighted by atomic mass is 10.0. The van der Waals surface area contributed by atoms with E-state index in [1.807, 2.05) is 0 Å². The summed E-state index contributed by atoms with van der Waals surface area (Å²) in [7, 11) is 0. The largest absolute Gasteiger partial charge is 0.503 e. The highest BCUT2D eigenvalue weighted by atomic mass is 15.3.